The molecular weight excluding hydrogens is 347 g/mol. The van der Waals surface area contributed by atoms with Crippen LogP contribution in [0.2, 0.25) is 0 Å². The van der Waals surface area contributed by atoms with Crippen LogP contribution in [0.4, 0.5) is 0 Å². The number of benzene rings is 2. The van der Waals surface area contributed by atoms with E-state index in [1.54, 1.807) is 0 Å². The molecule has 0 spiro atoms. The standard InChI is InChI=1S/C17H19IO/c1-2-3-4-14-7-11-17(12-8-14)19-13-15-5-9-16(18)10-6-15/h5-12H,2-4,13H2,1H3. The highest BCUT2D eigenvalue weighted by Crippen LogP contribution is 2.16. The number of halogens is 1. The second-order valence-corrected chi connectivity index (χ2v) is 5.91. The maximum Gasteiger partial charge on any atom is 0.119 e. The van der Waals surface area contributed by atoms with Crippen molar-refractivity contribution < 1.29 is 4.74 Å². The predicted molar refractivity (Wildman–Crippen MR) is 88.5 cm³/mol. The lowest BCUT2D eigenvalue weighted by Gasteiger charge is -2.07. The smallest absolute Gasteiger partial charge is 0.119 e. The van der Waals surface area contributed by atoms with Gasteiger partial charge < -0.3 is 4.74 Å². The van der Waals surface area contributed by atoms with Gasteiger partial charge in [-0.2, -0.15) is 0 Å². The lowest BCUT2D eigenvalue weighted by molar-refractivity contribution is 0.306. The molecule has 0 aliphatic heterocycles. The molecule has 0 saturated carbocycles. The van der Waals surface area contributed by atoms with Gasteiger partial charge in [0.05, 0.1) is 0 Å². The third-order valence-electron chi connectivity index (χ3n) is 3.06. The zero-order valence-electron chi connectivity index (χ0n) is 11.2. The van der Waals surface area contributed by atoms with Crippen molar-refractivity contribution >= 4 is 22.6 Å². The second-order valence-electron chi connectivity index (χ2n) is 4.66. The minimum Gasteiger partial charge on any atom is -0.489 e. The number of rotatable bonds is 6. The molecule has 0 radical (unpaired) electrons. The zero-order valence-corrected chi connectivity index (χ0v) is 13.4. The maximum atomic E-state index is 5.79. The molecular formula is C17H19IO. The number of aryl methyl sites for hydroxylation is 1. The highest BCUT2D eigenvalue weighted by molar-refractivity contribution is 14.1. The summed E-state index contributed by atoms with van der Waals surface area (Å²) in [4.78, 5) is 0. The van der Waals surface area contributed by atoms with Gasteiger partial charge in [-0.15, -0.1) is 0 Å². The van der Waals surface area contributed by atoms with Gasteiger partial charge in [0.25, 0.3) is 0 Å². The van der Waals surface area contributed by atoms with Gasteiger partial charge in [0, 0.05) is 3.57 Å². The van der Waals surface area contributed by atoms with Gasteiger partial charge in [0.15, 0.2) is 0 Å². The Balaban J connectivity index is 1.87. The van der Waals surface area contributed by atoms with E-state index in [1.165, 1.54) is 27.5 Å². The van der Waals surface area contributed by atoms with Gasteiger partial charge in [0.1, 0.15) is 12.4 Å². The van der Waals surface area contributed by atoms with Crippen molar-refractivity contribution in [3.05, 3.63) is 63.2 Å². The summed E-state index contributed by atoms with van der Waals surface area (Å²) in [6.07, 6.45) is 3.65. The van der Waals surface area contributed by atoms with Gasteiger partial charge in [-0.3, -0.25) is 0 Å². The molecule has 0 aliphatic carbocycles. The normalized spacial score (nSPS) is 10.4. The summed E-state index contributed by atoms with van der Waals surface area (Å²) in [7, 11) is 0. The van der Waals surface area contributed by atoms with E-state index in [0.717, 1.165) is 12.2 Å². The van der Waals surface area contributed by atoms with Crippen LogP contribution >= 0.6 is 22.6 Å². The number of unbranched alkanes of at least 4 members (excludes halogenated alkanes) is 1. The molecule has 0 aliphatic rings. The van der Waals surface area contributed by atoms with Gasteiger partial charge in [-0.1, -0.05) is 37.6 Å². The van der Waals surface area contributed by atoms with Gasteiger partial charge >= 0.3 is 0 Å². The van der Waals surface area contributed by atoms with E-state index in [2.05, 4.69) is 78.0 Å². The Bertz CT molecular complexity index is 488. The van der Waals surface area contributed by atoms with Crippen LogP contribution in [-0.2, 0) is 13.0 Å². The molecule has 0 N–H and O–H groups in total. The molecule has 2 aromatic carbocycles. The first-order valence-corrected chi connectivity index (χ1v) is 7.82. The lowest BCUT2D eigenvalue weighted by atomic mass is 10.1. The summed E-state index contributed by atoms with van der Waals surface area (Å²) >= 11 is 2.31. The van der Waals surface area contributed by atoms with Crippen LogP contribution in [-0.4, -0.2) is 0 Å². The van der Waals surface area contributed by atoms with Gasteiger partial charge in [-0.25, -0.2) is 0 Å². The highest BCUT2D eigenvalue weighted by atomic mass is 127. The van der Waals surface area contributed by atoms with Crippen molar-refractivity contribution in [2.45, 2.75) is 32.8 Å². The minimum atomic E-state index is 0.630. The van der Waals surface area contributed by atoms with E-state index in [1.807, 2.05) is 0 Å². The van der Waals surface area contributed by atoms with Gasteiger partial charge in [0.2, 0.25) is 0 Å². The van der Waals surface area contributed by atoms with E-state index < -0.39 is 0 Å². The molecule has 0 fully saturated rings. The summed E-state index contributed by atoms with van der Waals surface area (Å²) in [5.41, 5.74) is 2.60. The fourth-order valence-corrected chi connectivity index (χ4v) is 2.24. The van der Waals surface area contributed by atoms with Crippen LogP contribution in [0.1, 0.15) is 30.9 Å². The summed E-state index contributed by atoms with van der Waals surface area (Å²) in [5.74, 6) is 0.943. The Labute approximate surface area is 129 Å². The van der Waals surface area contributed by atoms with Crippen molar-refractivity contribution in [2.75, 3.05) is 0 Å². The largest absolute Gasteiger partial charge is 0.489 e. The molecule has 0 aromatic heterocycles. The van der Waals surface area contributed by atoms with Crippen molar-refractivity contribution in [1.29, 1.82) is 0 Å². The average molecular weight is 366 g/mol. The van der Waals surface area contributed by atoms with E-state index in [-0.39, 0.29) is 0 Å². The quantitative estimate of drug-likeness (QED) is 0.638. The summed E-state index contributed by atoms with van der Waals surface area (Å²) in [6, 6.07) is 16.9. The van der Waals surface area contributed by atoms with E-state index in [4.69, 9.17) is 4.74 Å². The molecule has 19 heavy (non-hydrogen) atoms. The highest BCUT2D eigenvalue weighted by Gasteiger charge is 1.97. The van der Waals surface area contributed by atoms with Crippen LogP contribution in [0, 0.1) is 3.57 Å². The fraction of sp³-hybridized carbons (Fsp3) is 0.294. The third-order valence-corrected chi connectivity index (χ3v) is 3.78. The molecule has 2 aromatic rings. The molecule has 0 atom stereocenters. The molecule has 0 heterocycles. The number of hydrogen-bond acceptors (Lipinski definition) is 1. The molecule has 1 nitrogen and oxygen atoms in total. The molecule has 2 heteroatoms. The van der Waals surface area contributed by atoms with Crippen LogP contribution in [0.15, 0.2) is 48.5 Å². The Kier molecular flexibility index (Phi) is 5.70. The van der Waals surface area contributed by atoms with E-state index >= 15 is 0 Å². The second kappa shape index (κ2) is 7.53. The summed E-state index contributed by atoms with van der Waals surface area (Å²) in [6.45, 7) is 2.85. The molecule has 0 amide bonds. The van der Waals surface area contributed by atoms with Crippen molar-refractivity contribution in [2.24, 2.45) is 0 Å². The van der Waals surface area contributed by atoms with Gasteiger partial charge in [-0.05, 0) is 70.8 Å². The maximum absolute atomic E-state index is 5.79. The monoisotopic (exact) mass is 366 g/mol. The molecule has 0 unspecified atom stereocenters. The van der Waals surface area contributed by atoms with Crippen molar-refractivity contribution in [1.82, 2.24) is 0 Å². The first-order valence-electron chi connectivity index (χ1n) is 6.74. The molecule has 2 rings (SSSR count). The predicted octanol–water partition coefficient (Wildman–Crippen LogP) is 5.21. The van der Waals surface area contributed by atoms with Crippen molar-refractivity contribution in [3.8, 4) is 5.75 Å². The van der Waals surface area contributed by atoms with Crippen LogP contribution < -0.4 is 4.74 Å². The Morgan fingerprint density at radius 1 is 0.895 bits per heavy atom. The third kappa shape index (κ3) is 4.86. The van der Waals surface area contributed by atoms with Crippen molar-refractivity contribution in [3.63, 3.8) is 0 Å². The van der Waals surface area contributed by atoms with E-state index in [0.29, 0.717) is 6.61 Å². The first-order chi connectivity index (χ1) is 9.28. The molecule has 100 valence electrons. The number of ether oxygens (including phenoxy) is 1. The SMILES string of the molecule is CCCCc1ccc(OCc2ccc(I)cc2)cc1. The molecule has 0 saturated heterocycles. The zero-order chi connectivity index (χ0) is 13.5. The Morgan fingerprint density at radius 2 is 1.53 bits per heavy atom. The van der Waals surface area contributed by atoms with E-state index in [9.17, 15) is 0 Å². The fourth-order valence-electron chi connectivity index (χ4n) is 1.88. The Morgan fingerprint density at radius 3 is 2.16 bits per heavy atom. The summed E-state index contributed by atoms with van der Waals surface area (Å²) < 4.78 is 7.04. The number of hydrogen-bond donors (Lipinski definition) is 0. The summed E-state index contributed by atoms with van der Waals surface area (Å²) in [5, 5.41) is 0. The van der Waals surface area contributed by atoms with Crippen LogP contribution in [0.25, 0.3) is 0 Å². The Hall–Kier alpha value is -1.03. The lowest BCUT2D eigenvalue weighted by Crippen LogP contribution is -1.95. The average Bonchev–Trinajstić information content (AvgIpc) is 2.46. The first kappa shape index (κ1) is 14.4. The van der Waals surface area contributed by atoms with Crippen LogP contribution in [0.3, 0.4) is 0 Å². The minimum absolute atomic E-state index is 0.630. The molecule has 0 bridgehead atoms. The van der Waals surface area contributed by atoms with Crippen LogP contribution in [0.5, 0.6) is 5.75 Å². The topological polar surface area (TPSA) is 9.23 Å².